The molecule has 3 rings (SSSR count). The number of hydrogen-bond acceptors (Lipinski definition) is 3. The zero-order valence-electron chi connectivity index (χ0n) is 14.7. The van der Waals surface area contributed by atoms with Crippen molar-refractivity contribution in [1.29, 1.82) is 0 Å². The van der Waals surface area contributed by atoms with Crippen LogP contribution in [0.3, 0.4) is 0 Å². The molecule has 2 aromatic carbocycles. The molecular weight excluding hydrogens is 312 g/mol. The number of benzene rings is 2. The van der Waals surface area contributed by atoms with Gasteiger partial charge in [-0.15, -0.1) is 0 Å². The number of aryl methyl sites for hydroxylation is 2. The van der Waals surface area contributed by atoms with Gasteiger partial charge in [-0.3, -0.25) is 9.59 Å². The van der Waals surface area contributed by atoms with E-state index >= 15 is 0 Å². The van der Waals surface area contributed by atoms with E-state index < -0.39 is 0 Å². The Bertz CT molecular complexity index is 809. The molecule has 1 atom stereocenters. The smallest absolute Gasteiger partial charge is 0.252 e. The zero-order chi connectivity index (χ0) is 18.0. The number of nitrogens with two attached hydrogens (primary N) is 1. The Morgan fingerprint density at radius 3 is 2.36 bits per heavy atom. The maximum Gasteiger partial charge on any atom is 0.252 e. The molecule has 2 aromatic rings. The molecule has 0 heterocycles. The van der Waals surface area contributed by atoms with Crippen LogP contribution in [-0.2, 0) is 0 Å². The van der Waals surface area contributed by atoms with Crippen molar-refractivity contribution in [3.8, 4) is 0 Å². The minimum absolute atomic E-state index is 0.0164. The van der Waals surface area contributed by atoms with Gasteiger partial charge in [0.05, 0.1) is 5.56 Å². The van der Waals surface area contributed by atoms with Crippen LogP contribution in [-0.4, -0.2) is 24.3 Å². The summed E-state index contributed by atoms with van der Waals surface area (Å²) in [4.78, 5) is 25.6. The van der Waals surface area contributed by atoms with Crippen molar-refractivity contribution in [3.63, 3.8) is 0 Å². The SMILES string of the molecule is Cc1ccc(C(=O)c2ccccc2C(=O)NC(CN)C2CC2)cc1C. The number of ketones is 1. The maximum absolute atomic E-state index is 12.9. The van der Waals surface area contributed by atoms with E-state index in [0.29, 0.717) is 29.2 Å². The highest BCUT2D eigenvalue weighted by Gasteiger charge is 2.32. The minimum atomic E-state index is -0.227. The molecule has 0 saturated heterocycles. The van der Waals surface area contributed by atoms with Crippen molar-refractivity contribution in [2.45, 2.75) is 32.7 Å². The van der Waals surface area contributed by atoms with Crippen LogP contribution in [0.2, 0.25) is 0 Å². The van der Waals surface area contributed by atoms with E-state index in [0.717, 1.165) is 24.0 Å². The minimum Gasteiger partial charge on any atom is -0.348 e. The van der Waals surface area contributed by atoms with Crippen LogP contribution in [0.25, 0.3) is 0 Å². The lowest BCUT2D eigenvalue weighted by Gasteiger charge is -2.17. The third-order valence-corrected chi connectivity index (χ3v) is 4.95. The van der Waals surface area contributed by atoms with Crippen LogP contribution in [0.4, 0.5) is 0 Å². The fraction of sp³-hybridized carbons (Fsp3) is 0.333. The second-order valence-corrected chi connectivity index (χ2v) is 6.83. The lowest BCUT2D eigenvalue weighted by atomic mass is 9.95. The Balaban J connectivity index is 1.88. The van der Waals surface area contributed by atoms with E-state index in [-0.39, 0.29) is 17.7 Å². The van der Waals surface area contributed by atoms with Crippen LogP contribution in [0.15, 0.2) is 42.5 Å². The average Bonchev–Trinajstić information content (AvgIpc) is 3.46. The van der Waals surface area contributed by atoms with E-state index in [1.807, 2.05) is 32.0 Å². The van der Waals surface area contributed by atoms with Gasteiger partial charge in [-0.1, -0.05) is 30.3 Å². The van der Waals surface area contributed by atoms with Gasteiger partial charge in [0, 0.05) is 23.7 Å². The molecule has 3 N–H and O–H groups in total. The van der Waals surface area contributed by atoms with Crippen molar-refractivity contribution in [2.75, 3.05) is 6.54 Å². The number of rotatable bonds is 6. The van der Waals surface area contributed by atoms with Crippen molar-refractivity contribution in [2.24, 2.45) is 11.7 Å². The van der Waals surface area contributed by atoms with Crippen molar-refractivity contribution in [3.05, 3.63) is 70.3 Å². The molecule has 4 nitrogen and oxygen atoms in total. The fourth-order valence-electron chi connectivity index (χ4n) is 3.03. The van der Waals surface area contributed by atoms with Crippen molar-refractivity contribution in [1.82, 2.24) is 5.32 Å². The Hall–Kier alpha value is -2.46. The standard InChI is InChI=1S/C21H24N2O2/c1-13-7-8-16(11-14(13)2)20(24)17-5-3-4-6-18(17)21(25)23-19(12-22)15-9-10-15/h3-8,11,15,19H,9-10,12,22H2,1-2H3,(H,23,25). The molecule has 0 bridgehead atoms. The molecule has 1 aliphatic carbocycles. The summed E-state index contributed by atoms with van der Waals surface area (Å²) in [5.41, 5.74) is 9.41. The second kappa shape index (κ2) is 7.19. The molecule has 1 amide bonds. The number of nitrogens with one attached hydrogen (secondary N) is 1. The Morgan fingerprint density at radius 2 is 1.76 bits per heavy atom. The van der Waals surface area contributed by atoms with E-state index in [9.17, 15) is 9.59 Å². The maximum atomic E-state index is 12.9. The Morgan fingerprint density at radius 1 is 1.08 bits per heavy atom. The fourth-order valence-corrected chi connectivity index (χ4v) is 3.03. The molecule has 1 aliphatic rings. The third-order valence-electron chi connectivity index (χ3n) is 4.95. The monoisotopic (exact) mass is 336 g/mol. The predicted octanol–water partition coefficient (Wildman–Crippen LogP) is 3.00. The molecule has 0 radical (unpaired) electrons. The highest BCUT2D eigenvalue weighted by molar-refractivity contribution is 6.15. The molecule has 0 aromatic heterocycles. The molecular formula is C21H24N2O2. The van der Waals surface area contributed by atoms with Gasteiger partial charge in [0.15, 0.2) is 5.78 Å². The van der Waals surface area contributed by atoms with Crippen LogP contribution >= 0.6 is 0 Å². The van der Waals surface area contributed by atoms with Gasteiger partial charge >= 0.3 is 0 Å². The van der Waals surface area contributed by atoms with E-state index in [1.165, 1.54) is 0 Å². The number of carbonyl (C=O) groups excluding carboxylic acids is 2. The molecule has 1 unspecified atom stereocenters. The largest absolute Gasteiger partial charge is 0.348 e. The third kappa shape index (κ3) is 3.80. The van der Waals surface area contributed by atoms with Crippen LogP contribution in [0.5, 0.6) is 0 Å². The summed E-state index contributed by atoms with van der Waals surface area (Å²) in [6.07, 6.45) is 2.21. The molecule has 25 heavy (non-hydrogen) atoms. The molecule has 1 fully saturated rings. The van der Waals surface area contributed by atoms with Crippen molar-refractivity contribution < 1.29 is 9.59 Å². The highest BCUT2D eigenvalue weighted by atomic mass is 16.2. The Labute approximate surface area is 148 Å². The summed E-state index contributed by atoms with van der Waals surface area (Å²) >= 11 is 0. The molecule has 130 valence electrons. The lowest BCUT2D eigenvalue weighted by molar-refractivity contribution is 0.0923. The quantitative estimate of drug-likeness (QED) is 0.797. The highest BCUT2D eigenvalue weighted by Crippen LogP contribution is 2.32. The topological polar surface area (TPSA) is 72.2 Å². The number of carbonyl (C=O) groups is 2. The van der Waals surface area contributed by atoms with Crippen LogP contribution in [0.1, 0.15) is 50.2 Å². The second-order valence-electron chi connectivity index (χ2n) is 6.83. The zero-order valence-corrected chi connectivity index (χ0v) is 14.7. The van der Waals surface area contributed by atoms with E-state index in [2.05, 4.69) is 5.32 Å². The van der Waals surface area contributed by atoms with E-state index in [1.54, 1.807) is 24.3 Å². The lowest BCUT2D eigenvalue weighted by Crippen LogP contribution is -2.42. The van der Waals surface area contributed by atoms with Crippen molar-refractivity contribution >= 4 is 11.7 Å². The summed E-state index contributed by atoms with van der Waals surface area (Å²) in [6, 6.07) is 12.6. The van der Waals surface area contributed by atoms with Gasteiger partial charge in [-0.25, -0.2) is 0 Å². The molecule has 4 heteroatoms. The molecule has 1 saturated carbocycles. The van der Waals surface area contributed by atoms with Gasteiger partial charge < -0.3 is 11.1 Å². The van der Waals surface area contributed by atoms with Crippen LogP contribution in [0, 0.1) is 19.8 Å². The number of amides is 1. The van der Waals surface area contributed by atoms with Gasteiger partial charge in [0.1, 0.15) is 0 Å². The van der Waals surface area contributed by atoms with Gasteiger partial charge in [0.2, 0.25) is 0 Å². The first-order valence-corrected chi connectivity index (χ1v) is 8.73. The first-order chi connectivity index (χ1) is 12.0. The van der Waals surface area contributed by atoms with E-state index in [4.69, 9.17) is 5.73 Å². The normalized spacial score (nSPS) is 14.8. The Kier molecular flexibility index (Phi) is 5.00. The summed E-state index contributed by atoms with van der Waals surface area (Å²) in [5, 5.41) is 3.00. The average molecular weight is 336 g/mol. The summed E-state index contributed by atoms with van der Waals surface area (Å²) in [7, 11) is 0. The van der Waals surface area contributed by atoms with Crippen LogP contribution < -0.4 is 11.1 Å². The van der Waals surface area contributed by atoms with Gasteiger partial charge in [-0.2, -0.15) is 0 Å². The summed E-state index contributed by atoms with van der Waals surface area (Å²) in [6.45, 7) is 4.41. The summed E-state index contributed by atoms with van der Waals surface area (Å²) < 4.78 is 0. The molecule has 0 aliphatic heterocycles. The van der Waals surface area contributed by atoms with Gasteiger partial charge in [-0.05, 0) is 55.9 Å². The predicted molar refractivity (Wildman–Crippen MR) is 98.8 cm³/mol. The molecule has 0 spiro atoms. The first-order valence-electron chi connectivity index (χ1n) is 8.73. The number of hydrogen-bond donors (Lipinski definition) is 2. The van der Waals surface area contributed by atoms with Gasteiger partial charge in [0.25, 0.3) is 5.91 Å². The summed E-state index contributed by atoms with van der Waals surface area (Å²) in [5.74, 6) is 0.108. The first kappa shape index (κ1) is 17.4.